The Morgan fingerprint density at radius 2 is 2.33 bits per heavy atom. The first-order valence-electron chi connectivity index (χ1n) is 6.37. The van der Waals surface area contributed by atoms with Gasteiger partial charge in [0.05, 0.1) is 38.4 Å². The topological polar surface area (TPSA) is 79.2 Å². The fraction of sp³-hybridized carbons (Fsp3) is 0.917. The molecule has 0 radical (unpaired) electrons. The third-order valence-corrected chi connectivity index (χ3v) is 2.99. The number of esters is 1. The Balaban J connectivity index is 2.37. The van der Waals surface area contributed by atoms with E-state index < -0.39 is 6.10 Å². The maximum Gasteiger partial charge on any atom is 0.308 e. The molecular weight excluding hydrogens is 238 g/mol. The molecule has 0 bridgehead atoms. The Bertz CT molecular complexity index is 261. The molecule has 0 aliphatic carbocycles. The molecule has 3 unspecified atom stereocenters. The van der Waals surface area contributed by atoms with Gasteiger partial charge in [-0.3, -0.25) is 9.69 Å². The molecule has 0 aromatic carbocycles. The lowest BCUT2D eigenvalue weighted by Gasteiger charge is -2.38. The van der Waals surface area contributed by atoms with Crippen molar-refractivity contribution >= 4 is 5.97 Å². The Hall–Kier alpha value is -0.690. The van der Waals surface area contributed by atoms with Gasteiger partial charge < -0.3 is 19.7 Å². The molecule has 3 atom stereocenters. The molecule has 2 N–H and O–H groups in total. The standard InChI is InChI=1S/C12H23NO5/c1-3-17-12(16)4-10(15)5-13-6-11(7-14)18-8-9(13)2/h9-11,14-15H,3-8H2,1-2H3. The second-order valence-electron chi connectivity index (χ2n) is 4.60. The van der Waals surface area contributed by atoms with Crippen molar-refractivity contribution in [2.75, 3.05) is 32.9 Å². The van der Waals surface area contributed by atoms with Crippen LogP contribution in [0.3, 0.4) is 0 Å². The maximum absolute atomic E-state index is 11.2. The van der Waals surface area contributed by atoms with Crippen LogP contribution in [-0.4, -0.2) is 72.2 Å². The number of rotatable bonds is 6. The second-order valence-corrected chi connectivity index (χ2v) is 4.60. The van der Waals surface area contributed by atoms with Gasteiger partial charge in [0.15, 0.2) is 0 Å². The predicted octanol–water partition coefficient (Wildman–Crippen LogP) is -0.618. The molecule has 1 fully saturated rings. The predicted molar refractivity (Wildman–Crippen MR) is 65.1 cm³/mol. The summed E-state index contributed by atoms with van der Waals surface area (Å²) < 4.78 is 10.2. The zero-order valence-electron chi connectivity index (χ0n) is 11.0. The number of nitrogens with zero attached hydrogens (tertiary/aromatic N) is 1. The number of carbonyl (C=O) groups excluding carboxylic acids is 1. The molecule has 6 nitrogen and oxygen atoms in total. The van der Waals surface area contributed by atoms with E-state index in [9.17, 15) is 9.90 Å². The number of hydrogen-bond acceptors (Lipinski definition) is 6. The van der Waals surface area contributed by atoms with Crippen LogP contribution in [0.4, 0.5) is 0 Å². The Morgan fingerprint density at radius 3 is 2.94 bits per heavy atom. The number of aliphatic hydroxyl groups excluding tert-OH is 2. The summed E-state index contributed by atoms with van der Waals surface area (Å²) in [6, 6.07) is 0.171. The summed E-state index contributed by atoms with van der Waals surface area (Å²) in [5, 5.41) is 18.9. The van der Waals surface area contributed by atoms with E-state index in [2.05, 4.69) is 0 Å². The van der Waals surface area contributed by atoms with Gasteiger partial charge >= 0.3 is 5.97 Å². The molecule has 1 rings (SSSR count). The molecule has 0 amide bonds. The van der Waals surface area contributed by atoms with Crippen LogP contribution in [0.15, 0.2) is 0 Å². The van der Waals surface area contributed by atoms with Gasteiger partial charge in [-0.15, -0.1) is 0 Å². The maximum atomic E-state index is 11.2. The van der Waals surface area contributed by atoms with Crippen molar-refractivity contribution in [2.24, 2.45) is 0 Å². The van der Waals surface area contributed by atoms with Crippen LogP contribution in [0, 0.1) is 0 Å². The highest BCUT2D eigenvalue weighted by molar-refractivity contribution is 5.69. The van der Waals surface area contributed by atoms with Crippen LogP contribution < -0.4 is 0 Å². The van der Waals surface area contributed by atoms with Gasteiger partial charge in [-0.05, 0) is 13.8 Å². The Kier molecular flexibility index (Phi) is 6.56. The van der Waals surface area contributed by atoms with Gasteiger partial charge in [-0.25, -0.2) is 0 Å². The van der Waals surface area contributed by atoms with E-state index >= 15 is 0 Å². The molecule has 0 aromatic heterocycles. The molecule has 1 aliphatic rings. The fourth-order valence-corrected chi connectivity index (χ4v) is 1.99. The molecule has 0 spiro atoms. The van der Waals surface area contributed by atoms with Crippen molar-refractivity contribution in [1.82, 2.24) is 4.90 Å². The highest BCUT2D eigenvalue weighted by Gasteiger charge is 2.27. The van der Waals surface area contributed by atoms with Crippen molar-refractivity contribution in [1.29, 1.82) is 0 Å². The van der Waals surface area contributed by atoms with Crippen molar-refractivity contribution in [2.45, 2.75) is 38.5 Å². The molecule has 1 aliphatic heterocycles. The van der Waals surface area contributed by atoms with Crippen molar-refractivity contribution in [3.8, 4) is 0 Å². The minimum absolute atomic E-state index is 0.00170. The lowest BCUT2D eigenvalue weighted by molar-refractivity contribution is -0.146. The minimum atomic E-state index is -0.746. The normalized spacial score (nSPS) is 26.9. The molecule has 1 heterocycles. The van der Waals surface area contributed by atoms with Crippen LogP contribution in [0.2, 0.25) is 0 Å². The lowest BCUT2D eigenvalue weighted by atomic mass is 10.1. The Morgan fingerprint density at radius 1 is 1.61 bits per heavy atom. The van der Waals surface area contributed by atoms with Crippen molar-refractivity contribution < 1.29 is 24.5 Å². The summed E-state index contributed by atoms with van der Waals surface area (Å²) in [4.78, 5) is 13.3. The van der Waals surface area contributed by atoms with E-state index in [0.717, 1.165) is 0 Å². The number of β-amino-alcohol motifs (C(OH)–C–C–N with tert-alkyl or cyclic N) is 1. The summed E-state index contributed by atoms with van der Waals surface area (Å²) in [5.41, 5.74) is 0. The van der Waals surface area contributed by atoms with E-state index in [-0.39, 0.29) is 31.1 Å². The van der Waals surface area contributed by atoms with Gasteiger partial charge in [0.1, 0.15) is 0 Å². The third kappa shape index (κ3) is 4.89. The first-order valence-corrected chi connectivity index (χ1v) is 6.37. The number of carbonyl (C=O) groups is 1. The zero-order valence-corrected chi connectivity index (χ0v) is 11.0. The summed E-state index contributed by atoms with van der Waals surface area (Å²) in [5.74, 6) is -0.385. The first kappa shape index (κ1) is 15.4. The van der Waals surface area contributed by atoms with E-state index in [4.69, 9.17) is 14.6 Å². The number of aliphatic hydroxyl groups is 2. The molecule has 1 saturated heterocycles. The van der Waals surface area contributed by atoms with E-state index in [1.165, 1.54) is 0 Å². The molecule has 0 aromatic rings. The van der Waals surface area contributed by atoms with E-state index in [0.29, 0.717) is 26.3 Å². The van der Waals surface area contributed by atoms with Gasteiger partial charge in [0.2, 0.25) is 0 Å². The highest BCUT2D eigenvalue weighted by atomic mass is 16.5. The fourth-order valence-electron chi connectivity index (χ4n) is 1.99. The number of hydrogen-bond donors (Lipinski definition) is 2. The van der Waals surface area contributed by atoms with Gasteiger partial charge in [0, 0.05) is 19.1 Å². The van der Waals surface area contributed by atoms with Crippen LogP contribution in [0.1, 0.15) is 20.3 Å². The van der Waals surface area contributed by atoms with E-state index in [1.807, 2.05) is 11.8 Å². The van der Waals surface area contributed by atoms with Crippen molar-refractivity contribution in [3.05, 3.63) is 0 Å². The van der Waals surface area contributed by atoms with Gasteiger partial charge in [-0.2, -0.15) is 0 Å². The second kappa shape index (κ2) is 7.68. The third-order valence-electron chi connectivity index (χ3n) is 2.99. The van der Waals surface area contributed by atoms with Crippen LogP contribution in [-0.2, 0) is 14.3 Å². The molecule has 6 heteroatoms. The largest absolute Gasteiger partial charge is 0.466 e. The zero-order chi connectivity index (χ0) is 13.5. The highest BCUT2D eigenvalue weighted by Crippen LogP contribution is 2.12. The van der Waals surface area contributed by atoms with Gasteiger partial charge in [0.25, 0.3) is 0 Å². The molecular formula is C12H23NO5. The minimum Gasteiger partial charge on any atom is -0.466 e. The smallest absolute Gasteiger partial charge is 0.308 e. The lowest BCUT2D eigenvalue weighted by Crippen LogP contribution is -2.51. The average Bonchev–Trinajstić information content (AvgIpc) is 2.32. The SMILES string of the molecule is CCOC(=O)CC(O)CN1CC(CO)OCC1C. The summed E-state index contributed by atoms with van der Waals surface area (Å²) >= 11 is 0. The summed E-state index contributed by atoms with van der Waals surface area (Å²) in [7, 11) is 0. The van der Waals surface area contributed by atoms with E-state index in [1.54, 1.807) is 6.92 Å². The van der Waals surface area contributed by atoms with Crippen LogP contribution in [0.5, 0.6) is 0 Å². The number of morpholine rings is 1. The monoisotopic (exact) mass is 261 g/mol. The molecule has 0 saturated carbocycles. The first-order chi connectivity index (χ1) is 8.56. The van der Waals surface area contributed by atoms with Crippen LogP contribution in [0.25, 0.3) is 0 Å². The average molecular weight is 261 g/mol. The Labute approximate surface area is 107 Å². The summed E-state index contributed by atoms with van der Waals surface area (Å²) in [6.45, 7) is 5.50. The summed E-state index contributed by atoms with van der Waals surface area (Å²) in [6.07, 6.45) is -0.957. The van der Waals surface area contributed by atoms with Gasteiger partial charge in [-0.1, -0.05) is 0 Å². The quantitative estimate of drug-likeness (QED) is 0.621. The van der Waals surface area contributed by atoms with Crippen molar-refractivity contribution in [3.63, 3.8) is 0 Å². The van der Waals surface area contributed by atoms with Crippen LogP contribution >= 0.6 is 0 Å². The molecule has 18 heavy (non-hydrogen) atoms. The number of ether oxygens (including phenoxy) is 2. The molecule has 106 valence electrons.